The average molecular weight is 263 g/mol. The minimum atomic E-state index is -0.395. The molecule has 0 heterocycles. The summed E-state index contributed by atoms with van der Waals surface area (Å²) in [4.78, 5) is 11.8. The molecule has 1 unspecified atom stereocenters. The second-order valence-corrected chi connectivity index (χ2v) is 5.20. The van der Waals surface area contributed by atoms with E-state index in [0.29, 0.717) is 12.3 Å². The van der Waals surface area contributed by atoms with Crippen molar-refractivity contribution >= 4 is 11.6 Å². The van der Waals surface area contributed by atoms with Crippen LogP contribution in [0.3, 0.4) is 0 Å². The van der Waals surface area contributed by atoms with E-state index < -0.39 is 5.82 Å². The van der Waals surface area contributed by atoms with Gasteiger partial charge in [-0.05, 0) is 44.7 Å². The number of benzene rings is 1. The van der Waals surface area contributed by atoms with Gasteiger partial charge >= 0.3 is 0 Å². The molecular weight excluding hydrogens is 241 g/mol. The monoisotopic (exact) mass is 263 g/mol. The maximum absolute atomic E-state index is 13.4. The Balaban J connectivity index is 2.39. The van der Waals surface area contributed by atoms with Crippen molar-refractivity contribution in [2.75, 3.05) is 5.32 Å². The van der Waals surface area contributed by atoms with Gasteiger partial charge in [0.15, 0.2) is 0 Å². The number of para-hydroxylation sites is 1. The summed E-state index contributed by atoms with van der Waals surface area (Å²) in [5.41, 5.74) is 1.55. The number of nitrogens with one attached hydrogen (secondary N) is 1. The number of halogens is 1. The fraction of sp³-hybridized carbons (Fsp3) is 0.438. The largest absolute Gasteiger partial charge is 0.324 e. The van der Waals surface area contributed by atoms with Crippen molar-refractivity contribution in [3.8, 4) is 0 Å². The molecule has 0 bridgehead atoms. The van der Waals surface area contributed by atoms with E-state index in [1.165, 1.54) is 11.6 Å². The van der Waals surface area contributed by atoms with Gasteiger partial charge in [0, 0.05) is 6.42 Å². The first-order chi connectivity index (χ1) is 8.99. The first kappa shape index (κ1) is 15.4. The second-order valence-electron chi connectivity index (χ2n) is 5.20. The van der Waals surface area contributed by atoms with Gasteiger partial charge in [-0.25, -0.2) is 4.39 Å². The first-order valence-corrected chi connectivity index (χ1v) is 6.66. The SMILES string of the molecule is CC(C)=CCCC(C)CC(=O)Nc1ccccc1F. The summed E-state index contributed by atoms with van der Waals surface area (Å²) >= 11 is 0. The van der Waals surface area contributed by atoms with Crippen LogP contribution < -0.4 is 5.32 Å². The highest BCUT2D eigenvalue weighted by Gasteiger charge is 2.10. The lowest BCUT2D eigenvalue weighted by atomic mass is 10.0. The zero-order valence-corrected chi connectivity index (χ0v) is 11.9. The van der Waals surface area contributed by atoms with E-state index in [1.807, 2.05) is 6.92 Å². The van der Waals surface area contributed by atoms with Crippen LogP contribution in [0.15, 0.2) is 35.9 Å². The molecule has 1 amide bonds. The zero-order valence-electron chi connectivity index (χ0n) is 11.9. The van der Waals surface area contributed by atoms with Crippen molar-refractivity contribution in [2.24, 2.45) is 5.92 Å². The van der Waals surface area contributed by atoms with Crippen molar-refractivity contribution in [3.05, 3.63) is 41.7 Å². The molecule has 1 aromatic carbocycles. The predicted octanol–water partition coefficient (Wildman–Crippen LogP) is 4.54. The number of hydrogen-bond acceptors (Lipinski definition) is 1. The van der Waals surface area contributed by atoms with Crippen molar-refractivity contribution in [3.63, 3.8) is 0 Å². The molecule has 0 saturated heterocycles. The Morgan fingerprint density at radius 1 is 1.37 bits per heavy atom. The zero-order chi connectivity index (χ0) is 14.3. The van der Waals surface area contributed by atoms with Crippen molar-refractivity contribution < 1.29 is 9.18 Å². The van der Waals surface area contributed by atoms with Gasteiger partial charge in [0.1, 0.15) is 5.82 Å². The number of hydrogen-bond donors (Lipinski definition) is 1. The molecule has 1 rings (SSSR count). The minimum Gasteiger partial charge on any atom is -0.324 e. The highest BCUT2D eigenvalue weighted by atomic mass is 19.1. The van der Waals surface area contributed by atoms with E-state index in [0.717, 1.165) is 12.8 Å². The number of anilines is 1. The van der Waals surface area contributed by atoms with E-state index in [2.05, 4.69) is 25.2 Å². The maximum Gasteiger partial charge on any atom is 0.224 e. The molecule has 0 fully saturated rings. The van der Waals surface area contributed by atoms with E-state index >= 15 is 0 Å². The summed E-state index contributed by atoms with van der Waals surface area (Å²) in [6.07, 6.45) is 4.54. The van der Waals surface area contributed by atoms with Crippen LogP contribution in [0, 0.1) is 11.7 Å². The molecule has 3 heteroatoms. The molecule has 1 atom stereocenters. The molecular formula is C16H22FNO. The molecule has 0 aliphatic rings. The summed E-state index contributed by atoms with van der Waals surface area (Å²) in [5.74, 6) is -0.231. The number of allylic oxidation sites excluding steroid dienone is 2. The summed E-state index contributed by atoms with van der Waals surface area (Å²) in [6.45, 7) is 6.17. The Kier molecular flexibility index (Phi) is 6.26. The van der Waals surface area contributed by atoms with Crippen molar-refractivity contribution in [2.45, 2.75) is 40.0 Å². The molecule has 0 radical (unpaired) electrons. The lowest BCUT2D eigenvalue weighted by Gasteiger charge is -2.11. The number of amides is 1. The quantitative estimate of drug-likeness (QED) is 0.750. The maximum atomic E-state index is 13.4. The number of carbonyl (C=O) groups excluding carboxylic acids is 1. The number of rotatable bonds is 6. The van der Waals surface area contributed by atoms with E-state index in [-0.39, 0.29) is 11.6 Å². The summed E-state index contributed by atoms with van der Waals surface area (Å²) in [6, 6.07) is 6.22. The number of carbonyl (C=O) groups is 1. The van der Waals surface area contributed by atoms with Crippen LogP contribution in [-0.2, 0) is 4.79 Å². The molecule has 0 aliphatic heterocycles. The smallest absolute Gasteiger partial charge is 0.224 e. The molecule has 19 heavy (non-hydrogen) atoms. The fourth-order valence-corrected chi connectivity index (χ4v) is 1.84. The first-order valence-electron chi connectivity index (χ1n) is 6.66. The van der Waals surface area contributed by atoms with Crippen LogP contribution in [0.25, 0.3) is 0 Å². The van der Waals surface area contributed by atoms with Crippen LogP contribution in [0.2, 0.25) is 0 Å². The molecule has 2 nitrogen and oxygen atoms in total. The Hall–Kier alpha value is -1.64. The Morgan fingerprint density at radius 3 is 2.68 bits per heavy atom. The lowest BCUT2D eigenvalue weighted by Crippen LogP contribution is -2.15. The topological polar surface area (TPSA) is 29.1 Å². The molecule has 0 saturated carbocycles. The van der Waals surface area contributed by atoms with Crippen LogP contribution in [0.5, 0.6) is 0 Å². The van der Waals surface area contributed by atoms with Gasteiger partial charge in [0.25, 0.3) is 0 Å². The molecule has 0 spiro atoms. The minimum absolute atomic E-state index is 0.130. The molecule has 1 N–H and O–H groups in total. The highest BCUT2D eigenvalue weighted by molar-refractivity contribution is 5.90. The third-order valence-corrected chi connectivity index (χ3v) is 2.89. The van der Waals surface area contributed by atoms with Crippen LogP contribution in [-0.4, -0.2) is 5.91 Å². The van der Waals surface area contributed by atoms with Crippen LogP contribution >= 0.6 is 0 Å². The lowest BCUT2D eigenvalue weighted by molar-refractivity contribution is -0.117. The second kappa shape index (κ2) is 7.72. The third kappa shape index (κ3) is 6.18. The van der Waals surface area contributed by atoms with Gasteiger partial charge in [0.2, 0.25) is 5.91 Å². The van der Waals surface area contributed by atoms with Gasteiger partial charge in [-0.1, -0.05) is 30.7 Å². The van der Waals surface area contributed by atoms with Gasteiger partial charge in [-0.15, -0.1) is 0 Å². The van der Waals surface area contributed by atoms with E-state index in [9.17, 15) is 9.18 Å². The summed E-state index contributed by atoms with van der Waals surface area (Å²) in [7, 11) is 0. The van der Waals surface area contributed by atoms with Gasteiger partial charge in [0.05, 0.1) is 5.69 Å². The van der Waals surface area contributed by atoms with Crippen LogP contribution in [0.4, 0.5) is 10.1 Å². The van der Waals surface area contributed by atoms with E-state index in [1.54, 1.807) is 18.2 Å². The predicted molar refractivity (Wildman–Crippen MR) is 77.5 cm³/mol. The normalized spacial score (nSPS) is 11.8. The molecule has 0 aromatic heterocycles. The summed E-state index contributed by atoms with van der Waals surface area (Å²) < 4.78 is 13.4. The Bertz CT molecular complexity index is 450. The van der Waals surface area contributed by atoms with Crippen LogP contribution in [0.1, 0.15) is 40.0 Å². The van der Waals surface area contributed by atoms with Gasteiger partial charge in [-0.2, -0.15) is 0 Å². The Morgan fingerprint density at radius 2 is 2.05 bits per heavy atom. The van der Waals surface area contributed by atoms with Crippen molar-refractivity contribution in [1.82, 2.24) is 0 Å². The molecule has 1 aromatic rings. The highest BCUT2D eigenvalue weighted by Crippen LogP contribution is 2.16. The van der Waals surface area contributed by atoms with E-state index in [4.69, 9.17) is 0 Å². The van der Waals surface area contributed by atoms with Crippen molar-refractivity contribution in [1.29, 1.82) is 0 Å². The summed E-state index contributed by atoms with van der Waals surface area (Å²) in [5, 5.41) is 2.61. The standard InChI is InChI=1S/C16H22FNO/c1-12(2)7-6-8-13(3)11-16(19)18-15-10-5-4-9-14(15)17/h4-5,7,9-10,13H,6,8,11H2,1-3H3,(H,18,19). The van der Waals surface area contributed by atoms with Gasteiger partial charge in [-0.3, -0.25) is 4.79 Å². The average Bonchev–Trinajstić information content (AvgIpc) is 2.31. The third-order valence-electron chi connectivity index (χ3n) is 2.89. The Labute approximate surface area is 114 Å². The fourth-order valence-electron chi connectivity index (χ4n) is 1.84. The molecule has 104 valence electrons. The van der Waals surface area contributed by atoms with Gasteiger partial charge < -0.3 is 5.32 Å². The molecule has 0 aliphatic carbocycles.